The van der Waals surface area contributed by atoms with Crippen LogP contribution in [0.15, 0.2) is 66.7 Å². The maximum absolute atomic E-state index is 15.4. The Bertz CT molecular complexity index is 1820. The van der Waals surface area contributed by atoms with Crippen molar-refractivity contribution in [2.75, 3.05) is 6.61 Å². The molecule has 5 aromatic rings. The van der Waals surface area contributed by atoms with Crippen LogP contribution in [0.1, 0.15) is 33.7 Å². The molecule has 6 rings (SSSR count). The van der Waals surface area contributed by atoms with E-state index < -0.39 is 23.4 Å². The Labute approximate surface area is 243 Å². The summed E-state index contributed by atoms with van der Waals surface area (Å²) in [6, 6.07) is 15.9. The number of aromatic nitrogens is 3. The lowest BCUT2D eigenvalue weighted by Crippen LogP contribution is -2.31. The predicted molar refractivity (Wildman–Crippen MR) is 149 cm³/mol. The summed E-state index contributed by atoms with van der Waals surface area (Å²) in [6.45, 7) is 0.854. The van der Waals surface area contributed by atoms with Crippen molar-refractivity contribution in [3.63, 3.8) is 0 Å². The predicted octanol–water partition coefficient (Wildman–Crippen LogP) is 6.83. The molecule has 3 heterocycles. The third-order valence-electron chi connectivity index (χ3n) is 7.14. The van der Waals surface area contributed by atoms with Crippen molar-refractivity contribution >= 4 is 28.6 Å². The van der Waals surface area contributed by atoms with Gasteiger partial charge in [-0.1, -0.05) is 29.8 Å². The summed E-state index contributed by atoms with van der Waals surface area (Å²) in [5.41, 5.74) is 2.57. The Morgan fingerprint density at radius 1 is 0.976 bits per heavy atom. The minimum Gasteiger partial charge on any atom is -0.478 e. The first-order chi connectivity index (χ1) is 20.2. The molecule has 0 amide bonds. The van der Waals surface area contributed by atoms with Crippen molar-refractivity contribution in [3.8, 4) is 17.1 Å². The number of benzene rings is 3. The highest BCUT2D eigenvalue weighted by atomic mass is 35.5. The highest BCUT2D eigenvalue weighted by Crippen LogP contribution is 2.28. The lowest BCUT2D eigenvalue weighted by Gasteiger charge is -2.27. The van der Waals surface area contributed by atoms with Crippen LogP contribution in [-0.2, 0) is 24.3 Å². The number of rotatable bonds is 9. The number of ether oxygens (including phenoxy) is 2. The number of carboxylic acid groups (broad SMARTS) is 1. The molecule has 0 bridgehead atoms. The molecule has 0 aliphatic carbocycles. The second kappa shape index (κ2) is 11.5. The van der Waals surface area contributed by atoms with Crippen molar-refractivity contribution in [2.24, 2.45) is 0 Å². The normalized spacial score (nSPS) is 14.6. The van der Waals surface area contributed by atoms with Crippen LogP contribution in [0, 0.1) is 17.5 Å². The SMILES string of the molecule is O=C(O)c1ccc2nc(Cc3ccc(-c4ccc(F)c(OCc5ccc(Cl)cc5F)n4)cc3F)n(CC3CCO3)c2c1. The summed E-state index contributed by atoms with van der Waals surface area (Å²) in [6.07, 6.45) is 0.985. The number of carbonyl (C=O) groups is 1. The molecule has 42 heavy (non-hydrogen) atoms. The van der Waals surface area contributed by atoms with Gasteiger partial charge in [-0.2, -0.15) is 0 Å². The maximum Gasteiger partial charge on any atom is 0.335 e. The molecule has 214 valence electrons. The molecular formula is C31H23ClF3N3O4. The van der Waals surface area contributed by atoms with Crippen LogP contribution in [0.4, 0.5) is 13.2 Å². The van der Waals surface area contributed by atoms with Gasteiger partial charge in [-0.05, 0) is 60.5 Å². The molecule has 7 nitrogen and oxygen atoms in total. The number of nitrogens with zero attached hydrogens (tertiary/aromatic N) is 3. The summed E-state index contributed by atoms with van der Waals surface area (Å²) in [5.74, 6) is -2.68. The molecule has 0 radical (unpaired) electrons. The molecule has 1 atom stereocenters. The van der Waals surface area contributed by atoms with Gasteiger partial charge in [0.15, 0.2) is 5.82 Å². The summed E-state index contributed by atoms with van der Waals surface area (Å²) in [5, 5.41) is 9.68. The molecule has 11 heteroatoms. The van der Waals surface area contributed by atoms with Gasteiger partial charge in [0.1, 0.15) is 24.1 Å². The van der Waals surface area contributed by atoms with Crippen LogP contribution in [-0.4, -0.2) is 38.3 Å². The van der Waals surface area contributed by atoms with Crippen LogP contribution in [0.5, 0.6) is 5.88 Å². The van der Waals surface area contributed by atoms with Crippen LogP contribution >= 0.6 is 11.6 Å². The molecule has 1 aliphatic rings. The molecule has 1 aliphatic heterocycles. The summed E-state index contributed by atoms with van der Waals surface area (Å²) >= 11 is 5.77. The highest BCUT2D eigenvalue weighted by molar-refractivity contribution is 6.30. The molecule has 0 spiro atoms. The summed E-state index contributed by atoms with van der Waals surface area (Å²) in [7, 11) is 0. The van der Waals surface area contributed by atoms with E-state index in [0.717, 1.165) is 18.6 Å². The van der Waals surface area contributed by atoms with Gasteiger partial charge in [0.2, 0.25) is 0 Å². The molecule has 1 N–H and O–H groups in total. The lowest BCUT2D eigenvalue weighted by atomic mass is 10.0. The minimum atomic E-state index is -1.05. The van der Waals surface area contributed by atoms with Gasteiger partial charge in [0.25, 0.3) is 5.88 Å². The zero-order valence-electron chi connectivity index (χ0n) is 22.0. The number of imidazole rings is 1. The van der Waals surface area contributed by atoms with E-state index in [2.05, 4.69) is 9.97 Å². The van der Waals surface area contributed by atoms with Gasteiger partial charge < -0.3 is 19.1 Å². The summed E-state index contributed by atoms with van der Waals surface area (Å²) < 4.78 is 56.8. The van der Waals surface area contributed by atoms with Crippen LogP contribution < -0.4 is 4.74 Å². The number of halogens is 4. The quantitative estimate of drug-likeness (QED) is 0.202. The van der Waals surface area contributed by atoms with Crippen molar-refractivity contribution < 1.29 is 32.5 Å². The smallest absolute Gasteiger partial charge is 0.335 e. The Hall–Kier alpha value is -4.41. The van der Waals surface area contributed by atoms with E-state index in [1.165, 1.54) is 30.3 Å². The van der Waals surface area contributed by atoms with E-state index in [4.69, 9.17) is 21.1 Å². The Kier molecular flexibility index (Phi) is 7.57. The minimum absolute atomic E-state index is 0.0287. The maximum atomic E-state index is 15.4. The number of aromatic carboxylic acids is 1. The van der Waals surface area contributed by atoms with Crippen LogP contribution in [0.25, 0.3) is 22.3 Å². The van der Waals surface area contributed by atoms with Crippen LogP contribution in [0.3, 0.4) is 0 Å². The summed E-state index contributed by atoms with van der Waals surface area (Å²) in [4.78, 5) is 20.4. The second-order valence-electron chi connectivity index (χ2n) is 9.92. The van der Waals surface area contributed by atoms with Crippen molar-refractivity contribution in [1.29, 1.82) is 0 Å². The van der Waals surface area contributed by atoms with Gasteiger partial charge in [0.05, 0.1) is 34.9 Å². The number of hydrogen-bond donors (Lipinski definition) is 1. The molecule has 1 saturated heterocycles. The fourth-order valence-electron chi connectivity index (χ4n) is 4.77. The third kappa shape index (κ3) is 5.68. The Morgan fingerprint density at radius 3 is 2.48 bits per heavy atom. The topological polar surface area (TPSA) is 86.5 Å². The molecule has 0 saturated carbocycles. The van der Waals surface area contributed by atoms with Gasteiger partial charge in [0, 0.05) is 29.2 Å². The first kappa shape index (κ1) is 27.7. The van der Waals surface area contributed by atoms with Crippen molar-refractivity contribution in [3.05, 3.63) is 112 Å². The molecule has 1 fully saturated rings. The standard InChI is InChI=1S/C31H23ClF3N3O4/c32-21-5-3-20(25(35)14-21)16-42-30-23(33)6-8-26(37-30)18-2-1-17(24(34)11-18)13-29-36-27-7-4-19(31(39)40)12-28(27)38(29)15-22-9-10-41-22/h1-8,11-12,14,22H,9-10,13,15-16H2,(H,39,40). The first-order valence-electron chi connectivity index (χ1n) is 13.1. The van der Waals surface area contributed by atoms with Gasteiger partial charge in [-0.3, -0.25) is 0 Å². The molecule has 3 aromatic carbocycles. The zero-order valence-corrected chi connectivity index (χ0v) is 22.7. The van der Waals surface area contributed by atoms with E-state index >= 15 is 4.39 Å². The number of fused-ring (bicyclic) bond motifs is 1. The van der Waals surface area contributed by atoms with E-state index in [9.17, 15) is 18.7 Å². The molecule has 2 aromatic heterocycles. The molecule has 1 unspecified atom stereocenters. The van der Waals surface area contributed by atoms with Gasteiger partial charge in [-0.15, -0.1) is 0 Å². The average molecular weight is 594 g/mol. The monoisotopic (exact) mass is 593 g/mol. The van der Waals surface area contributed by atoms with Gasteiger partial charge in [-0.25, -0.2) is 27.9 Å². The van der Waals surface area contributed by atoms with E-state index in [1.54, 1.807) is 24.3 Å². The largest absolute Gasteiger partial charge is 0.478 e. The van der Waals surface area contributed by atoms with Crippen molar-refractivity contribution in [1.82, 2.24) is 14.5 Å². The van der Waals surface area contributed by atoms with Gasteiger partial charge >= 0.3 is 5.97 Å². The third-order valence-corrected chi connectivity index (χ3v) is 7.38. The number of hydrogen-bond acceptors (Lipinski definition) is 5. The molecular weight excluding hydrogens is 571 g/mol. The van der Waals surface area contributed by atoms with Crippen LogP contribution in [0.2, 0.25) is 5.02 Å². The fraction of sp³-hybridized carbons (Fsp3) is 0.194. The Morgan fingerprint density at radius 2 is 1.76 bits per heavy atom. The number of pyridine rings is 1. The zero-order chi connectivity index (χ0) is 29.4. The van der Waals surface area contributed by atoms with Crippen molar-refractivity contribution in [2.45, 2.75) is 32.1 Å². The number of carboxylic acids is 1. The van der Waals surface area contributed by atoms with E-state index in [0.29, 0.717) is 41.1 Å². The average Bonchev–Trinajstić information content (AvgIpc) is 3.28. The Balaban J connectivity index is 1.25. The highest BCUT2D eigenvalue weighted by Gasteiger charge is 2.23. The van der Waals surface area contributed by atoms with E-state index in [1.807, 2.05) is 4.57 Å². The fourth-order valence-corrected chi connectivity index (χ4v) is 4.93. The lowest BCUT2D eigenvalue weighted by molar-refractivity contribution is -0.0589. The first-order valence-corrected chi connectivity index (χ1v) is 13.5. The second-order valence-corrected chi connectivity index (χ2v) is 10.4. The van der Waals surface area contributed by atoms with E-state index in [-0.39, 0.29) is 46.9 Å².